The molecule has 0 fully saturated rings. The monoisotopic (exact) mass is 227 g/mol. The van der Waals surface area contributed by atoms with Crippen LogP contribution in [0.25, 0.3) is 0 Å². The average Bonchev–Trinajstić information content (AvgIpc) is 2.23. The molecule has 2 amide bonds. The van der Waals surface area contributed by atoms with Crippen molar-refractivity contribution < 1.29 is 19.1 Å². The minimum atomic E-state index is -0.929. The molecule has 0 aromatic carbocycles. The van der Waals surface area contributed by atoms with E-state index in [1.807, 2.05) is 5.32 Å². The number of hydrogen-bond acceptors (Lipinski definition) is 4. The topological polar surface area (TPSA) is 103 Å². The molecule has 0 radical (unpaired) electrons. The quantitative estimate of drug-likeness (QED) is 0.414. The van der Waals surface area contributed by atoms with E-state index in [1.165, 1.54) is 12.2 Å². The normalized spacial score (nSPS) is 10.1. The second-order valence-electron chi connectivity index (χ2n) is 2.37. The van der Waals surface area contributed by atoms with E-state index in [0.29, 0.717) is 0 Å². The zero-order chi connectivity index (χ0) is 12.4. The van der Waals surface area contributed by atoms with Crippen LogP contribution in [-0.4, -0.2) is 31.4 Å². The molecule has 3 N–H and O–H groups in total. The van der Waals surface area contributed by atoms with E-state index >= 15 is 0 Å². The fraction of sp³-hybridized carbons (Fsp3) is 0.222. The van der Waals surface area contributed by atoms with E-state index in [1.54, 1.807) is 0 Å². The van der Waals surface area contributed by atoms with Crippen molar-refractivity contribution in [2.75, 3.05) is 13.2 Å². The van der Waals surface area contributed by atoms with Gasteiger partial charge in [0.25, 0.3) is 0 Å². The number of aliphatic imine (C=N–C) groups is 1. The molecule has 0 bridgehead atoms. The molecule has 0 saturated heterocycles. The summed E-state index contributed by atoms with van der Waals surface area (Å²) in [5.74, 6) is -0.414. The van der Waals surface area contributed by atoms with Gasteiger partial charge >= 0.3 is 12.2 Å². The third-order valence-corrected chi connectivity index (χ3v) is 1.10. The molecule has 88 valence electrons. The van der Waals surface area contributed by atoms with Crippen LogP contribution in [0, 0.1) is 0 Å². The summed E-state index contributed by atoms with van der Waals surface area (Å²) >= 11 is 0. The Bertz CT molecular complexity index is 312. The Morgan fingerprint density at radius 3 is 2.38 bits per heavy atom. The van der Waals surface area contributed by atoms with Gasteiger partial charge in [-0.1, -0.05) is 25.3 Å². The van der Waals surface area contributed by atoms with E-state index < -0.39 is 18.1 Å². The Morgan fingerprint density at radius 1 is 1.25 bits per heavy atom. The van der Waals surface area contributed by atoms with Crippen LogP contribution < -0.4 is 11.1 Å². The number of carbonyl (C=O) groups excluding carboxylic acids is 2. The van der Waals surface area contributed by atoms with Gasteiger partial charge < -0.3 is 15.2 Å². The molecule has 0 heterocycles. The van der Waals surface area contributed by atoms with Crippen LogP contribution in [0.5, 0.6) is 0 Å². The molecule has 0 unspecified atom stereocenters. The molecule has 0 atom stereocenters. The van der Waals surface area contributed by atoms with Crippen molar-refractivity contribution in [3.63, 3.8) is 0 Å². The zero-order valence-corrected chi connectivity index (χ0v) is 8.64. The molecule has 0 aliphatic carbocycles. The van der Waals surface area contributed by atoms with Gasteiger partial charge in [-0.2, -0.15) is 0 Å². The molecule has 7 nitrogen and oxygen atoms in total. The maximum absolute atomic E-state index is 10.9. The molecule has 0 spiro atoms. The third kappa shape index (κ3) is 7.13. The molecule has 7 heteroatoms. The maximum atomic E-state index is 10.9. The lowest BCUT2D eigenvalue weighted by Crippen LogP contribution is -2.37. The number of rotatable bonds is 4. The lowest BCUT2D eigenvalue weighted by molar-refractivity contribution is 0.163. The Balaban J connectivity index is 4.02. The van der Waals surface area contributed by atoms with E-state index in [9.17, 15) is 9.59 Å². The van der Waals surface area contributed by atoms with Gasteiger partial charge in [-0.15, -0.1) is 4.99 Å². The van der Waals surface area contributed by atoms with Crippen molar-refractivity contribution >= 4 is 18.1 Å². The van der Waals surface area contributed by atoms with Gasteiger partial charge in [0.2, 0.25) is 5.96 Å². The first-order valence-corrected chi connectivity index (χ1v) is 4.26. The van der Waals surface area contributed by atoms with Crippen LogP contribution in [0.4, 0.5) is 9.59 Å². The summed E-state index contributed by atoms with van der Waals surface area (Å²) in [6, 6.07) is 0. The summed E-state index contributed by atoms with van der Waals surface area (Å²) in [4.78, 5) is 25.0. The molecule has 0 rings (SSSR count). The molecule has 0 aromatic heterocycles. The number of nitrogens with zero attached hydrogens (tertiary/aromatic N) is 1. The second kappa shape index (κ2) is 8.04. The van der Waals surface area contributed by atoms with Crippen LogP contribution >= 0.6 is 0 Å². The predicted molar refractivity (Wildman–Crippen MR) is 57.8 cm³/mol. The van der Waals surface area contributed by atoms with Crippen molar-refractivity contribution in [1.82, 2.24) is 5.32 Å². The highest BCUT2D eigenvalue weighted by Crippen LogP contribution is 1.84. The van der Waals surface area contributed by atoms with Crippen LogP contribution in [0.3, 0.4) is 0 Å². The van der Waals surface area contributed by atoms with Gasteiger partial charge in [-0.25, -0.2) is 9.59 Å². The van der Waals surface area contributed by atoms with E-state index in [2.05, 4.69) is 27.6 Å². The zero-order valence-electron chi connectivity index (χ0n) is 8.64. The highest BCUT2D eigenvalue weighted by atomic mass is 16.6. The number of alkyl carbamates (subject to hydrolysis) is 1. The Hall–Kier alpha value is -2.31. The standard InChI is InChI=1S/C9H13N3O4/c1-3-5-15-8(13)11-7(10)12-9(14)16-6-4-2/h3-4H,1-2,5-6H2,(H3,10,11,12,13,14). The number of guanidine groups is 1. The van der Waals surface area contributed by atoms with E-state index in [-0.39, 0.29) is 13.2 Å². The van der Waals surface area contributed by atoms with Crippen molar-refractivity contribution in [2.45, 2.75) is 0 Å². The largest absolute Gasteiger partial charge is 0.445 e. The number of carbonyl (C=O) groups is 2. The highest BCUT2D eigenvalue weighted by Gasteiger charge is 2.05. The van der Waals surface area contributed by atoms with Gasteiger partial charge in [0.1, 0.15) is 13.2 Å². The van der Waals surface area contributed by atoms with E-state index in [4.69, 9.17) is 5.73 Å². The first-order valence-electron chi connectivity index (χ1n) is 4.26. The fourth-order valence-corrected chi connectivity index (χ4v) is 0.564. The van der Waals surface area contributed by atoms with Crippen molar-refractivity contribution in [3.05, 3.63) is 25.3 Å². The molecular formula is C9H13N3O4. The molecule has 0 aliphatic heterocycles. The van der Waals surface area contributed by atoms with Crippen molar-refractivity contribution in [1.29, 1.82) is 0 Å². The van der Waals surface area contributed by atoms with E-state index in [0.717, 1.165) is 0 Å². The summed E-state index contributed by atoms with van der Waals surface area (Å²) in [6.45, 7) is 6.72. The van der Waals surface area contributed by atoms with Crippen molar-refractivity contribution in [2.24, 2.45) is 10.7 Å². The summed E-state index contributed by atoms with van der Waals surface area (Å²) in [5.41, 5.74) is 5.20. The minimum absolute atomic E-state index is 0.0104. The average molecular weight is 227 g/mol. The number of nitrogens with one attached hydrogen (secondary N) is 1. The number of amides is 2. The van der Waals surface area contributed by atoms with Crippen LogP contribution in [0.1, 0.15) is 0 Å². The highest BCUT2D eigenvalue weighted by molar-refractivity contribution is 5.97. The van der Waals surface area contributed by atoms with Crippen molar-refractivity contribution in [3.8, 4) is 0 Å². The molecule has 0 aliphatic rings. The number of hydrogen-bond donors (Lipinski definition) is 2. The lowest BCUT2D eigenvalue weighted by Gasteiger charge is -2.03. The Morgan fingerprint density at radius 2 is 1.81 bits per heavy atom. The van der Waals surface area contributed by atoms with Gasteiger partial charge in [0, 0.05) is 0 Å². The molecule has 0 aromatic rings. The first kappa shape index (κ1) is 13.7. The van der Waals surface area contributed by atoms with Crippen LogP contribution in [-0.2, 0) is 9.47 Å². The Labute approximate surface area is 92.6 Å². The van der Waals surface area contributed by atoms with Gasteiger partial charge in [0.05, 0.1) is 0 Å². The summed E-state index contributed by atoms with van der Waals surface area (Å²) in [7, 11) is 0. The van der Waals surface area contributed by atoms with Gasteiger partial charge in [0.15, 0.2) is 0 Å². The maximum Gasteiger partial charge on any atom is 0.437 e. The Kier molecular flexibility index (Phi) is 6.88. The molecule has 0 saturated carbocycles. The SMILES string of the molecule is C=CCOC(=O)/N=C(\N)NC(=O)OCC=C. The van der Waals surface area contributed by atoms with Gasteiger partial charge in [-0.3, -0.25) is 5.32 Å². The minimum Gasteiger partial charge on any atom is -0.445 e. The summed E-state index contributed by atoms with van der Waals surface area (Å²) in [5, 5.41) is 2.01. The predicted octanol–water partition coefficient (Wildman–Crippen LogP) is 0.536. The smallest absolute Gasteiger partial charge is 0.437 e. The third-order valence-electron chi connectivity index (χ3n) is 1.10. The summed E-state index contributed by atoms with van der Waals surface area (Å²) < 4.78 is 9.02. The lowest BCUT2D eigenvalue weighted by atomic mass is 10.7. The first-order chi connectivity index (χ1) is 7.60. The number of ether oxygens (including phenoxy) is 2. The molecular weight excluding hydrogens is 214 g/mol. The van der Waals surface area contributed by atoms with Crippen LogP contribution in [0.15, 0.2) is 30.3 Å². The second-order valence-corrected chi connectivity index (χ2v) is 2.37. The van der Waals surface area contributed by atoms with Gasteiger partial charge in [-0.05, 0) is 0 Å². The fourth-order valence-electron chi connectivity index (χ4n) is 0.564. The van der Waals surface area contributed by atoms with Crippen LogP contribution in [0.2, 0.25) is 0 Å². The number of nitrogens with two attached hydrogens (primary N) is 1. The molecule has 16 heavy (non-hydrogen) atoms. The summed E-state index contributed by atoms with van der Waals surface area (Å²) in [6.07, 6.45) is 0.986.